The fraction of sp³-hybridized carbons (Fsp3) is 0.500. The summed E-state index contributed by atoms with van der Waals surface area (Å²) < 4.78 is 23.9. The molecule has 0 saturated carbocycles. The van der Waals surface area contributed by atoms with E-state index < -0.39 is 0 Å². The van der Waals surface area contributed by atoms with Crippen LogP contribution in [-0.2, 0) is 11.3 Å². The van der Waals surface area contributed by atoms with E-state index in [1.54, 1.807) is 12.1 Å². The monoisotopic (exact) mass is 227 g/mol. The Morgan fingerprint density at radius 2 is 2.19 bits per heavy atom. The van der Waals surface area contributed by atoms with Gasteiger partial charge in [0.05, 0.1) is 19.8 Å². The third-order valence-corrected chi connectivity index (χ3v) is 2.28. The van der Waals surface area contributed by atoms with Crippen molar-refractivity contribution in [3.8, 4) is 5.75 Å². The summed E-state index contributed by atoms with van der Waals surface area (Å²) in [4.78, 5) is 0. The van der Waals surface area contributed by atoms with E-state index in [-0.39, 0.29) is 18.5 Å². The highest BCUT2D eigenvalue weighted by Crippen LogP contribution is 2.17. The SMILES string of the molecule is CNCC(C)OCc1ccc(OC)cc1F. The molecule has 0 radical (unpaired) electrons. The summed E-state index contributed by atoms with van der Waals surface area (Å²) in [6, 6.07) is 4.77. The Morgan fingerprint density at radius 1 is 1.44 bits per heavy atom. The molecule has 1 rings (SSSR count). The molecule has 1 unspecified atom stereocenters. The summed E-state index contributed by atoms with van der Waals surface area (Å²) in [6.07, 6.45) is 0.0616. The molecular formula is C12H18FNO2. The lowest BCUT2D eigenvalue weighted by molar-refractivity contribution is 0.0528. The quantitative estimate of drug-likeness (QED) is 0.805. The summed E-state index contributed by atoms with van der Waals surface area (Å²) in [6.45, 7) is 2.97. The van der Waals surface area contributed by atoms with Gasteiger partial charge in [-0.1, -0.05) is 6.07 Å². The zero-order chi connectivity index (χ0) is 12.0. The second kappa shape index (κ2) is 6.45. The average molecular weight is 227 g/mol. The average Bonchev–Trinajstić information content (AvgIpc) is 2.27. The minimum Gasteiger partial charge on any atom is -0.497 e. The standard InChI is InChI=1S/C12H18FNO2/c1-9(7-14-2)16-8-10-4-5-11(15-3)6-12(10)13/h4-6,9,14H,7-8H2,1-3H3. The molecule has 0 aromatic heterocycles. The Balaban J connectivity index is 2.54. The number of hydrogen-bond acceptors (Lipinski definition) is 3. The van der Waals surface area contributed by atoms with Gasteiger partial charge in [-0.25, -0.2) is 4.39 Å². The highest BCUT2D eigenvalue weighted by Gasteiger charge is 2.06. The normalized spacial score (nSPS) is 12.5. The van der Waals surface area contributed by atoms with Crippen molar-refractivity contribution < 1.29 is 13.9 Å². The molecule has 0 spiro atoms. The summed E-state index contributed by atoms with van der Waals surface area (Å²) >= 11 is 0. The van der Waals surface area contributed by atoms with Crippen LogP contribution in [0.3, 0.4) is 0 Å². The van der Waals surface area contributed by atoms with Crippen LogP contribution in [0.2, 0.25) is 0 Å². The van der Waals surface area contributed by atoms with Crippen molar-refractivity contribution in [2.45, 2.75) is 19.6 Å². The number of likely N-dealkylation sites (N-methyl/N-ethyl adjacent to an activating group) is 1. The van der Waals surface area contributed by atoms with Crippen LogP contribution in [0.25, 0.3) is 0 Å². The lowest BCUT2D eigenvalue weighted by Crippen LogP contribution is -2.23. The predicted octanol–water partition coefficient (Wildman–Crippen LogP) is 1.96. The Labute approximate surface area is 95.6 Å². The van der Waals surface area contributed by atoms with Gasteiger partial charge in [0.2, 0.25) is 0 Å². The van der Waals surface area contributed by atoms with Crippen LogP contribution in [0.15, 0.2) is 18.2 Å². The van der Waals surface area contributed by atoms with Gasteiger partial charge in [-0.2, -0.15) is 0 Å². The third-order valence-electron chi connectivity index (χ3n) is 2.28. The van der Waals surface area contributed by atoms with Gasteiger partial charge in [-0.3, -0.25) is 0 Å². The first-order chi connectivity index (χ1) is 7.67. The molecular weight excluding hydrogens is 209 g/mol. The maximum absolute atomic E-state index is 13.5. The number of benzene rings is 1. The zero-order valence-electron chi connectivity index (χ0n) is 9.92. The van der Waals surface area contributed by atoms with Crippen LogP contribution in [0.1, 0.15) is 12.5 Å². The predicted molar refractivity (Wildman–Crippen MR) is 61.1 cm³/mol. The summed E-state index contributed by atoms with van der Waals surface area (Å²) in [7, 11) is 3.37. The molecule has 1 atom stereocenters. The number of methoxy groups -OCH3 is 1. The van der Waals surface area contributed by atoms with E-state index in [0.29, 0.717) is 11.3 Å². The van der Waals surface area contributed by atoms with Crippen LogP contribution in [-0.4, -0.2) is 26.8 Å². The van der Waals surface area contributed by atoms with Crippen LogP contribution in [0.5, 0.6) is 5.75 Å². The van der Waals surface area contributed by atoms with Gasteiger partial charge >= 0.3 is 0 Å². The van der Waals surface area contributed by atoms with Crippen molar-refractivity contribution in [2.75, 3.05) is 20.7 Å². The lowest BCUT2D eigenvalue weighted by Gasteiger charge is -2.13. The lowest BCUT2D eigenvalue weighted by atomic mass is 10.2. The number of hydrogen-bond donors (Lipinski definition) is 1. The van der Waals surface area contributed by atoms with Crippen molar-refractivity contribution in [1.29, 1.82) is 0 Å². The molecule has 1 aromatic rings. The molecule has 0 aliphatic heterocycles. The first kappa shape index (κ1) is 12.9. The van der Waals surface area contributed by atoms with E-state index >= 15 is 0 Å². The van der Waals surface area contributed by atoms with Crippen molar-refractivity contribution >= 4 is 0 Å². The third kappa shape index (κ3) is 3.79. The topological polar surface area (TPSA) is 30.5 Å². The molecule has 0 amide bonds. The number of nitrogens with one attached hydrogen (secondary N) is 1. The Hall–Kier alpha value is -1.13. The second-order valence-corrected chi connectivity index (χ2v) is 3.64. The van der Waals surface area contributed by atoms with Gasteiger partial charge in [-0.15, -0.1) is 0 Å². The van der Waals surface area contributed by atoms with Crippen molar-refractivity contribution in [2.24, 2.45) is 0 Å². The highest BCUT2D eigenvalue weighted by molar-refractivity contribution is 5.28. The van der Waals surface area contributed by atoms with E-state index in [2.05, 4.69) is 5.32 Å². The maximum atomic E-state index is 13.5. The molecule has 0 aliphatic carbocycles. The van der Waals surface area contributed by atoms with Gasteiger partial charge < -0.3 is 14.8 Å². The first-order valence-electron chi connectivity index (χ1n) is 5.26. The minimum atomic E-state index is -0.295. The van der Waals surface area contributed by atoms with Crippen molar-refractivity contribution in [3.05, 3.63) is 29.6 Å². The molecule has 1 N–H and O–H groups in total. The van der Waals surface area contributed by atoms with Crippen LogP contribution in [0.4, 0.5) is 4.39 Å². The van der Waals surface area contributed by atoms with Crippen LogP contribution in [0, 0.1) is 5.82 Å². The fourth-order valence-electron chi connectivity index (χ4n) is 1.35. The van der Waals surface area contributed by atoms with Crippen LogP contribution >= 0.6 is 0 Å². The Bertz CT molecular complexity index is 331. The van der Waals surface area contributed by atoms with Gasteiger partial charge in [-0.05, 0) is 20.0 Å². The van der Waals surface area contributed by atoms with Crippen LogP contribution < -0.4 is 10.1 Å². The molecule has 90 valence electrons. The van der Waals surface area contributed by atoms with E-state index in [1.165, 1.54) is 13.2 Å². The second-order valence-electron chi connectivity index (χ2n) is 3.64. The number of rotatable bonds is 6. The molecule has 4 heteroatoms. The molecule has 0 saturated heterocycles. The molecule has 3 nitrogen and oxygen atoms in total. The van der Waals surface area contributed by atoms with Gasteiger partial charge in [0.25, 0.3) is 0 Å². The maximum Gasteiger partial charge on any atom is 0.132 e. The number of halogens is 1. The zero-order valence-corrected chi connectivity index (χ0v) is 9.92. The van der Waals surface area contributed by atoms with E-state index in [0.717, 1.165) is 6.54 Å². The molecule has 0 fully saturated rings. The molecule has 0 aliphatic rings. The highest BCUT2D eigenvalue weighted by atomic mass is 19.1. The van der Waals surface area contributed by atoms with E-state index in [9.17, 15) is 4.39 Å². The largest absolute Gasteiger partial charge is 0.497 e. The Morgan fingerprint density at radius 3 is 2.75 bits per heavy atom. The smallest absolute Gasteiger partial charge is 0.132 e. The van der Waals surface area contributed by atoms with E-state index in [4.69, 9.17) is 9.47 Å². The van der Waals surface area contributed by atoms with Gasteiger partial charge in [0, 0.05) is 18.2 Å². The summed E-state index contributed by atoms with van der Waals surface area (Å²) in [5.74, 6) is 0.223. The molecule has 0 bridgehead atoms. The number of ether oxygens (including phenoxy) is 2. The Kier molecular flexibility index (Phi) is 5.22. The van der Waals surface area contributed by atoms with Crippen molar-refractivity contribution in [3.63, 3.8) is 0 Å². The summed E-state index contributed by atoms with van der Waals surface area (Å²) in [5, 5.41) is 3.00. The molecule has 1 aromatic carbocycles. The van der Waals surface area contributed by atoms with Gasteiger partial charge in [0.1, 0.15) is 11.6 Å². The van der Waals surface area contributed by atoms with E-state index in [1.807, 2.05) is 14.0 Å². The van der Waals surface area contributed by atoms with Gasteiger partial charge in [0.15, 0.2) is 0 Å². The minimum absolute atomic E-state index is 0.0616. The first-order valence-corrected chi connectivity index (χ1v) is 5.26. The van der Waals surface area contributed by atoms with Crippen molar-refractivity contribution in [1.82, 2.24) is 5.32 Å². The summed E-state index contributed by atoms with van der Waals surface area (Å²) in [5.41, 5.74) is 0.545. The molecule has 0 heterocycles. The fourth-order valence-corrected chi connectivity index (χ4v) is 1.35. The molecule has 16 heavy (non-hydrogen) atoms.